The van der Waals surface area contributed by atoms with Crippen LogP contribution in [0.2, 0.25) is 0 Å². The number of amides is 1. The first-order valence-electron chi connectivity index (χ1n) is 9.11. The van der Waals surface area contributed by atoms with Crippen LogP contribution in [-0.4, -0.2) is 24.1 Å². The lowest BCUT2D eigenvalue weighted by atomic mass is 10.1. The van der Waals surface area contributed by atoms with Crippen molar-refractivity contribution in [3.8, 4) is 5.75 Å². The highest BCUT2D eigenvalue weighted by molar-refractivity contribution is 8.00. The fraction of sp³-hybridized carbons (Fsp3) is 0.130. The Balaban J connectivity index is 1.58. The van der Waals surface area contributed by atoms with Gasteiger partial charge in [-0.15, -0.1) is 11.8 Å². The maximum absolute atomic E-state index is 13.0. The third-order valence-corrected chi connectivity index (χ3v) is 5.05. The molecule has 0 bridgehead atoms. The van der Waals surface area contributed by atoms with Crippen LogP contribution in [0.1, 0.15) is 27.6 Å². The second-order valence-electron chi connectivity index (χ2n) is 6.16. The van der Waals surface area contributed by atoms with Gasteiger partial charge in [-0.3, -0.25) is 9.59 Å². The summed E-state index contributed by atoms with van der Waals surface area (Å²) < 4.78 is 18.4. The molecule has 29 heavy (non-hydrogen) atoms. The van der Waals surface area contributed by atoms with Crippen LogP contribution in [0.5, 0.6) is 5.75 Å². The first kappa shape index (κ1) is 20.6. The van der Waals surface area contributed by atoms with E-state index in [-0.39, 0.29) is 17.4 Å². The number of benzene rings is 3. The molecule has 0 aliphatic rings. The number of carbonyl (C=O) groups is 2. The van der Waals surface area contributed by atoms with Crippen LogP contribution in [0.3, 0.4) is 0 Å². The van der Waals surface area contributed by atoms with Gasteiger partial charge in [0.2, 0.25) is 0 Å². The van der Waals surface area contributed by atoms with Crippen molar-refractivity contribution >= 4 is 29.1 Å². The summed E-state index contributed by atoms with van der Waals surface area (Å²) in [4.78, 5) is 25.5. The van der Waals surface area contributed by atoms with Crippen molar-refractivity contribution in [2.75, 3.05) is 17.7 Å². The van der Waals surface area contributed by atoms with E-state index in [1.54, 1.807) is 36.4 Å². The van der Waals surface area contributed by atoms with Crippen molar-refractivity contribution in [3.63, 3.8) is 0 Å². The number of Topliss-reactive ketones (excluding diaryl/α,β-unsaturated/α-hetero) is 1. The van der Waals surface area contributed by atoms with Gasteiger partial charge >= 0.3 is 0 Å². The van der Waals surface area contributed by atoms with Gasteiger partial charge in [-0.1, -0.05) is 6.07 Å². The Bertz CT molecular complexity index is 988. The number of hydrogen-bond donors (Lipinski definition) is 1. The highest BCUT2D eigenvalue weighted by Crippen LogP contribution is 2.23. The summed E-state index contributed by atoms with van der Waals surface area (Å²) >= 11 is 1.40. The molecule has 0 spiro atoms. The van der Waals surface area contributed by atoms with Gasteiger partial charge in [0.25, 0.3) is 5.91 Å². The molecule has 148 valence electrons. The number of anilines is 1. The van der Waals surface area contributed by atoms with Gasteiger partial charge in [0.1, 0.15) is 11.6 Å². The molecule has 3 aromatic rings. The molecule has 0 radical (unpaired) electrons. The molecule has 0 saturated heterocycles. The SMILES string of the molecule is CCOc1ccc(C(=O)CSc2cccc(NC(=O)c3ccc(F)cc3)c2)cc1. The summed E-state index contributed by atoms with van der Waals surface area (Å²) in [6.45, 7) is 2.49. The van der Waals surface area contributed by atoms with Crippen LogP contribution >= 0.6 is 11.8 Å². The van der Waals surface area contributed by atoms with E-state index in [0.29, 0.717) is 23.4 Å². The van der Waals surface area contributed by atoms with E-state index in [9.17, 15) is 14.0 Å². The molecule has 1 amide bonds. The number of rotatable bonds is 8. The van der Waals surface area contributed by atoms with Crippen LogP contribution in [0.4, 0.5) is 10.1 Å². The molecular formula is C23H20FNO3S. The topological polar surface area (TPSA) is 55.4 Å². The van der Waals surface area contributed by atoms with Gasteiger partial charge in [0.05, 0.1) is 12.4 Å². The summed E-state index contributed by atoms with van der Waals surface area (Å²) in [6, 6.07) is 19.7. The Hall–Kier alpha value is -3.12. The first-order chi connectivity index (χ1) is 14.0. The molecule has 0 atom stereocenters. The predicted molar refractivity (Wildman–Crippen MR) is 113 cm³/mol. The Labute approximate surface area is 173 Å². The van der Waals surface area contributed by atoms with Gasteiger partial charge < -0.3 is 10.1 Å². The van der Waals surface area contributed by atoms with Crippen molar-refractivity contribution in [3.05, 3.63) is 89.7 Å². The van der Waals surface area contributed by atoms with E-state index in [0.717, 1.165) is 10.6 Å². The van der Waals surface area contributed by atoms with Gasteiger partial charge in [-0.05, 0) is 73.7 Å². The number of ketones is 1. The molecule has 0 unspecified atom stereocenters. The van der Waals surface area contributed by atoms with Crippen molar-refractivity contribution in [2.45, 2.75) is 11.8 Å². The summed E-state index contributed by atoms with van der Waals surface area (Å²) in [5, 5.41) is 2.78. The zero-order valence-electron chi connectivity index (χ0n) is 15.9. The summed E-state index contributed by atoms with van der Waals surface area (Å²) in [5.74, 6) is 0.318. The minimum absolute atomic E-state index is 0.0128. The Kier molecular flexibility index (Phi) is 7.03. The number of nitrogens with one attached hydrogen (secondary N) is 1. The Morgan fingerprint density at radius 1 is 0.966 bits per heavy atom. The van der Waals surface area contributed by atoms with Crippen molar-refractivity contribution in [1.29, 1.82) is 0 Å². The van der Waals surface area contributed by atoms with Crippen LogP contribution in [-0.2, 0) is 0 Å². The highest BCUT2D eigenvalue weighted by Gasteiger charge is 2.09. The lowest BCUT2D eigenvalue weighted by molar-refractivity contribution is 0.101. The first-order valence-corrected chi connectivity index (χ1v) is 10.1. The lowest BCUT2D eigenvalue weighted by Gasteiger charge is -2.08. The highest BCUT2D eigenvalue weighted by atomic mass is 32.2. The number of ether oxygens (including phenoxy) is 1. The van der Waals surface area contributed by atoms with Crippen LogP contribution < -0.4 is 10.1 Å². The summed E-state index contributed by atoms with van der Waals surface area (Å²) in [7, 11) is 0. The molecular weight excluding hydrogens is 389 g/mol. The largest absolute Gasteiger partial charge is 0.494 e. The second kappa shape index (κ2) is 9.89. The minimum Gasteiger partial charge on any atom is -0.494 e. The average molecular weight is 409 g/mol. The quantitative estimate of drug-likeness (QED) is 0.397. The maximum Gasteiger partial charge on any atom is 0.255 e. The molecule has 3 rings (SSSR count). The second-order valence-corrected chi connectivity index (χ2v) is 7.21. The third-order valence-electron chi connectivity index (χ3n) is 4.06. The van der Waals surface area contributed by atoms with Crippen LogP contribution in [0, 0.1) is 5.82 Å². The van der Waals surface area contributed by atoms with Gasteiger partial charge in [0.15, 0.2) is 5.78 Å². The van der Waals surface area contributed by atoms with E-state index in [2.05, 4.69) is 5.32 Å². The zero-order chi connectivity index (χ0) is 20.6. The molecule has 3 aromatic carbocycles. The van der Waals surface area contributed by atoms with Crippen molar-refractivity contribution < 1.29 is 18.7 Å². The summed E-state index contributed by atoms with van der Waals surface area (Å²) in [6.07, 6.45) is 0. The van der Waals surface area contributed by atoms with Gasteiger partial charge in [-0.2, -0.15) is 0 Å². The van der Waals surface area contributed by atoms with Crippen molar-refractivity contribution in [1.82, 2.24) is 0 Å². The molecule has 4 nitrogen and oxygen atoms in total. The Morgan fingerprint density at radius 3 is 2.34 bits per heavy atom. The molecule has 0 aliphatic heterocycles. The summed E-state index contributed by atoms with van der Waals surface area (Å²) in [5.41, 5.74) is 1.61. The number of hydrogen-bond acceptors (Lipinski definition) is 4. The molecule has 0 aliphatic carbocycles. The molecule has 0 heterocycles. The monoisotopic (exact) mass is 409 g/mol. The fourth-order valence-corrected chi connectivity index (χ4v) is 3.45. The van der Waals surface area contributed by atoms with Gasteiger partial charge in [0, 0.05) is 21.7 Å². The predicted octanol–water partition coefficient (Wildman–Crippen LogP) is 5.45. The smallest absolute Gasteiger partial charge is 0.255 e. The Morgan fingerprint density at radius 2 is 1.66 bits per heavy atom. The molecule has 1 N–H and O–H groups in total. The van der Waals surface area contributed by atoms with Gasteiger partial charge in [-0.25, -0.2) is 4.39 Å². The fourth-order valence-electron chi connectivity index (χ4n) is 2.60. The van der Waals surface area contributed by atoms with E-state index >= 15 is 0 Å². The van der Waals surface area contributed by atoms with E-state index in [4.69, 9.17) is 4.74 Å². The minimum atomic E-state index is -0.392. The lowest BCUT2D eigenvalue weighted by Crippen LogP contribution is -2.11. The standard InChI is InChI=1S/C23H20FNO3S/c1-2-28-20-12-8-16(9-13-20)22(26)15-29-21-5-3-4-19(14-21)25-23(27)17-6-10-18(24)11-7-17/h3-14H,2,15H2,1H3,(H,25,27). The van der Waals surface area contributed by atoms with E-state index in [1.165, 1.54) is 36.0 Å². The number of thioether (sulfide) groups is 1. The number of halogens is 1. The average Bonchev–Trinajstić information content (AvgIpc) is 2.73. The molecule has 0 saturated carbocycles. The third kappa shape index (κ3) is 5.93. The van der Waals surface area contributed by atoms with Crippen LogP contribution in [0.15, 0.2) is 77.7 Å². The van der Waals surface area contributed by atoms with Crippen molar-refractivity contribution in [2.24, 2.45) is 0 Å². The molecule has 6 heteroatoms. The molecule has 0 fully saturated rings. The number of carbonyl (C=O) groups excluding carboxylic acids is 2. The van der Waals surface area contributed by atoms with Crippen LogP contribution in [0.25, 0.3) is 0 Å². The normalized spacial score (nSPS) is 10.4. The molecule has 0 aromatic heterocycles. The van der Waals surface area contributed by atoms with E-state index < -0.39 is 5.82 Å². The zero-order valence-corrected chi connectivity index (χ0v) is 16.7. The maximum atomic E-state index is 13.0. The van der Waals surface area contributed by atoms with E-state index in [1.807, 2.05) is 19.1 Å².